The molecule has 21 heavy (non-hydrogen) atoms. The van der Waals surface area contributed by atoms with Gasteiger partial charge in [0.2, 0.25) is 0 Å². The summed E-state index contributed by atoms with van der Waals surface area (Å²) in [7, 11) is 0. The van der Waals surface area contributed by atoms with Gasteiger partial charge in [0, 0.05) is 36.1 Å². The molecule has 2 aromatic rings. The molecule has 0 atom stereocenters. The summed E-state index contributed by atoms with van der Waals surface area (Å²) < 4.78 is 37.2. The predicted octanol–water partition coefficient (Wildman–Crippen LogP) is 3.98. The van der Waals surface area contributed by atoms with Crippen molar-refractivity contribution in [3.05, 3.63) is 59.9 Å². The van der Waals surface area contributed by atoms with Gasteiger partial charge in [0.25, 0.3) is 0 Å². The Morgan fingerprint density at radius 2 is 1.86 bits per heavy atom. The molecule has 6 heteroatoms. The quantitative estimate of drug-likeness (QED) is 0.645. The van der Waals surface area contributed by atoms with Gasteiger partial charge in [-0.1, -0.05) is 6.07 Å². The number of thioether (sulfide) groups is 1. The highest BCUT2D eigenvalue weighted by atomic mass is 32.2. The Hall–Kier alpha value is -1.53. The van der Waals surface area contributed by atoms with Gasteiger partial charge >= 0.3 is 6.18 Å². The second-order valence-corrected chi connectivity index (χ2v) is 5.58. The number of nitrogens with zero attached hydrogens (tertiary/aromatic N) is 1. The zero-order chi connectivity index (χ0) is 15.1. The minimum Gasteiger partial charge on any atom is -0.312 e. The van der Waals surface area contributed by atoms with Gasteiger partial charge in [-0.2, -0.15) is 13.2 Å². The third-order valence-corrected chi connectivity index (χ3v) is 3.79. The maximum Gasteiger partial charge on any atom is 0.416 e. The van der Waals surface area contributed by atoms with Gasteiger partial charge in [0.15, 0.2) is 0 Å². The fraction of sp³-hybridized carbons (Fsp3) is 0.267. The van der Waals surface area contributed by atoms with Gasteiger partial charge < -0.3 is 5.32 Å². The van der Waals surface area contributed by atoms with Crippen LogP contribution in [0.15, 0.2) is 53.7 Å². The third kappa shape index (κ3) is 5.40. The molecule has 0 saturated carbocycles. The van der Waals surface area contributed by atoms with E-state index in [1.165, 1.54) is 23.9 Å². The molecule has 0 aliphatic carbocycles. The average Bonchev–Trinajstić information content (AvgIpc) is 2.47. The highest BCUT2D eigenvalue weighted by Crippen LogP contribution is 2.30. The largest absolute Gasteiger partial charge is 0.416 e. The molecule has 1 aromatic carbocycles. The molecule has 0 radical (unpaired) electrons. The number of alkyl halides is 3. The molecule has 0 aliphatic heterocycles. The number of hydrogen-bond donors (Lipinski definition) is 1. The summed E-state index contributed by atoms with van der Waals surface area (Å²) in [5, 5.41) is 3.27. The highest BCUT2D eigenvalue weighted by Gasteiger charge is 2.29. The fourth-order valence-electron chi connectivity index (χ4n) is 1.72. The lowest BCUT2D eigenvalue weighted by Crippen LogP contribution is -2.16. The Labute approximate surface area is 125 Å². The molecule has 0 unspecified atom stereocenters. The van der Waals surface area contributed by atoms with Gasteiger partial charge in [0.05, 0.1) is 5.56 Å². The van der Waals surface area contributed by atoms with E-state index in [-0.39, 0.29) is 0 Å². The Morgan fingerprint density at radius 1 is 1.10 bits per heavy atom. The summed E-state index contributed by atoms with van der Waals surface area (Å²) in [6.45, 7) is 1.52. The van der Waals surface area contributed by atoms with Crippen LogP contribution in [0.25, 0.3) is 0 Å². The third-order valence-electron chi connectivity index (χ3n) is 2.78. The molecule has 1 aromatic heterocycles. The van der Waals surface area contributed by atoms with Crippen molar-refractivity contribution in [1.29, 1.82) is 0 Å². The molecule has 2 rings (SSSR count). The van der Waals surface area contributed by atoms with Gasteiger partial charge in [-0.3, -0.25) is 4.98 Å². The molecular weight excluding hydrogens is 297 g/mol. The van der Waals surface area contributed by atoms with Crippen LogP contribution in [-0.2, 0) is 12.7 Å². The summed E-state index contributed by atoms with van der Waals surface area (Å²) in [5.74, 6) is 0.797. The lowest BCUT2D eigenvalue weighted by molar-refractivity contribution is -0.137. The summed E-state index contributed by atoms with van der Waals surface area (Å²) >= 11 is 1.53. The normalized spacial score (nSPS) is 11.6. The fourth-order valence-corrected chi connectivity index (χ4v) is 2.53. The molecule has 1 N–H and O–H groups in total. The van der Waals surface area contributed by atoms with E-state index in [1.54, 1.807) is 12.4 Å². The molecule has 1 heterocycles. The van der Waals surface area contributed by atoms with Gasteiger partial charge in [-0.15, -0.1) is 11.8 Å². The van der Waals surface area contributed by atoms with Crippen molar-refractivity contribution < 1.29 is 13.2 Å². The van der Waals surface area contributed by atoms with E-state index in [2.05, 4.69) is 10.3 Å². The van der Waals surface area contributed by atoms with Crippen molar-refractivity contribution >= 4 is 11.8 Å². The van der Waals surface area contributed by atoms with Crippen LogP contribution >= 0.6 is 11.8 Å². The van der Waals surface area contributed by atoms with Crippen LogP contribution in [0, 0.1) is 0 Å². The van der Waals surface area contributed by atoms with Crippen LogP contribution < -0.4 is 5.32 Å². The first-order valence-corrected chi connectivity index (χ1v) is 7.44. The number of rotatable bonds is 6. The highest BCUT2D eigenvalue weighted by molar-refractivity contribution is 7.99. The number of hydrogen-bond acceptors (Lipinski definition) is 3. The maximum absolute atomic E-state index is 12.4. The first-order valence-electron chi connectivity index (χ1n) is 6.45. The summed E-state index contributed by atoms with van der Waals surface area (Å²) in [6.07, 6.45) is -0.742. The maximum atomic E-state index is 12.4. The Morgan fingerprint density at radius 3 is 2.48 bits per heavy atom. The molecule has 0 saturated heterocycles. The monoisotopic (exact) mass is 312 g/mol. The van der Waals surface area contributed by atoms with E-state index >= 15 is 0 Å². The smallest absolute Gasteiger partial charge is 0.312 e. The van der Waals surface area contributed by atoms with E-state index < -0.39 is 11.7 Å². The zero-order valence-electron chi connectivity index (χ0n) is 11.2. The SMILES string of the molecule is FC(F)(F)c1ccc(SCCNCc2cccnc2)cc1. The van der Waals surface area contributed by atoms with Gasteiger partial charge in [-0.05, 0) is 35.9 Å². The number of nitrogens with one attached hydrogen (secondary N) is 1. The van der Waals surface area contributed by atoms with Gasteiger partial charge in [0.1, 0.15) is 0 Å². The van der Waals surface area contributed by atoms with E-state index in [9.17, 15) is 13.2 Å². The molecule has 0 fully saturated rings. The van der Waals surface area contributed by atoms with Crippen LogP contribution in [0.4, 0.5) is 13.2 Å². The molecule has 0 spiro atoms. The number of benzene rings is 1. The molecular formula is C15H15F3N2S. The van der Waals surface area contributed by atoms with Crippen molar-refractivity contribution in [2.75, 3.05) is 12.3 Å². The Balaban J connectivity index is 1.69. The first kappa shape index (κ1) is 15.9. The van der Waals surface area contributed by atoms with Crippen molar-refractivity contribution in [2.45, 2.75) is 17.6 Å². The number of halogens is 3. The molecule has 2 nitrogen and oxygen atoms in total. The first-order chi connectivity index (χ1) is 10.1. The molecule has 0 bridgehead atoms. The minimum absolute atomic E-state index is 0.610. The lowest BCUT2D eigenvalue weighted by atomic mass is 10.2. The van der Waals surface area contributed by atoms with Crippen molar-refractivity contribution in [1.82, 2.24) is 10.3 Å². The number of pyridine rings is 1. The van der Waals surface area contributed by atoms with Gasteiger partial charge in [-0.25, -0.2) is 0 Å². The van der Waals surface area contributed by atoms with E-state index in [4.69, 9.17) is 0 Å². The lowest BCUT2D eigenvalue weighted by Gasteiger charge is -2.08. The zero-order valence-corrected chi connectivity index (χ0v) is 12.0. The van der Waals surface area contributed by atoms with Crippen LogP contribution in [0.1, 0.15) is 11.1 Å². The van der Waals surface area contributed by atoms with Crippen LogP contribution in [-0.4, -0.2) is 17.3 Å². The summed E-state index contributed by atoms with van der Waals surface area (Å²) in [6, 6.07) is 9.12. The summed E-state index contributed by atoms with van der Waals surface area (Å²) in [4.78, 5) is 4.86. The minimum atomic E-state index is -4.27. The van der Waals surface area contributed by atoms with Crippen LogP contribution in [0.3, 0.4) is 0 Å². The second kappa shape index (κ2) is 7.47. The topological polar surface area (TPSA) is 24.9 Å². The van der Waals surface area contributed by atoms with Crippen molar-refractivity contribution in [3.8, 4) is 0 Å². The molecule has 0 amide bonds. The summed E-state index contributed by atoms with van der Waals surface area (Å²) in [5.41, 5.74) is 0.499. The van der Waals surface area contributed by atoms with Crippen molar-refractivity contribution in [2.24, 2.45) is 0 Å². The van der Waals surface area contributed by atoms with Crippen molar-refractivity contribution in [3.63, 3.8) is 0 Å². The van der Waals surface area contributed by atoms with E-state index in [1.807, 2.05) is 12.1 Å². The van der Waals surface area contributed by atoms with E-state index in [0.717, 1.165) is 41.4 Å². The van der Waals surface area contributed by atoms with E-state index in [0.29, 0.717) is 0 Å². The molecule has 112 valence electrons. The standard InChI is InChI=1S/C15H15F3N2S/c16-15(17,18)13-3-5-14(6-4-13)21-9-8-20-11-12-2-1-7-19-10-12/h1-7,10,20H,8-9,11H2. The molecule has 0 aliphatic rings. The Kier molecular flexibility index (Phi) is 5.64. The van der Waals surface area contributed by atoms with Crippen LogP contribution in [0.5, 0.6) is 0 Å². The predicted molar refractivity (Wildman–Crippen MR) is 78.1 cm³/mol. The Bertz CT molecular complexity index is 541. The number of aromatic nitrogens is 1. The second-order valence-electron chi connectivity index (χ2n) is 4.41. The average molecular weight is 312 g/mol. The van der Waals surface area contributed by atoms with Crippen LogP contribution in [0.2, 0.25) is 0 Å².